The van der Waals surface area contributed by atoms with Gasteiger partial charge in [0.1, 0.15) is 6.04 Å². The maximum atomic E-state index is 12.0. The lowest BCUT2D eigenvalue weighted by Gasteiger charge is -2.31. The topological polar surface area (TPSA) is 90.1 Å². The average molecular weight is 414 g/mol. The Labute approximate surface area is 173 Å². The minimum atomic E-state index is -0.366. The van der Waals surface area contributed by atoms with E-state index in [2.05, 4.69) is 16.8 Å². The molecule has 152 valence electrons. The van der Waals surface area contributed by atoms with Crippen molar-refractivity contribution in [2.24, 2.45) is 4.99 Å². The molecular weight excluding hydrogens is 392 g/mol. The molecule has 9 heteroatoms. The Bertz CT molecular complexity index is 953. The number of ether oxygens (including phenoxy) is 2. The predicted molar refractivity (Wildman–Crippen MR) is 112 cm³/mol. The van der Waals surface area contributed by atoms with Gasteiger partial charge in [-0.2, -0.15) is 0 Å². The zero-order chi connectivity index (χ0) is 20.5. The van der Waals surface area contributed by atoms with Crippen LogP contribution in [0.4, 0.5) is 5.69 Å². The van der Waals surface area contributed by atoms with Crippen molar-refractivity contribution in [1.82, 2.24) is 9.88 Å². The van der Waals surface area contributed by atoms with Crippen molar-refractivity contribution in [2.75, 3.05) is 20.0 Å². The van der Waals surface area contributed by atoms with E-state index in [1.54, 1.807) is 24.0 Å². The summed E-state index contributed by atoms with van der Waals surface area (Å²) < 4.78 is 10.7. The van der Waals surface area contributed by atoms with Crippen molar-refractivity contribution in [3.05, 3.63) is 57.9 Å². The highest BCUT2D eigenvalue weighted by Gasteiger charge is 2.47. The van der Waals surface area contributed by atoms with Crippen LogP contribution in [0.2, 0.25) is 0 Å². The molecule has 0 unspecified atom stereocenters. The fraction of sp³-hybridized carbons (Fsp3) is 0.400. The maximum absolute atomic E-state index is 12.0. The van der Waals surface area contributed by atoms with Gasteiger partial charge in [-0.15, -0.1) is 0 Å². The van der Waals surface area contributed by atoms with Crippen LogP contribution in [-0.4, -0.2) is 46.0 Å². The summed E-state index contributed by atoms with van der Waals surface area (Å²) in [5, 5.41) is 12.9. The number of hydrogen-bond donors (Lipinski definition) is 0. The summed E-state index contributed by atoms with van der Waals surface area (Å²) in [7, 11) is 3.00. The number of thioether (sulfide) groups is 1. The smallest absolute Gasteiger partial charge is 0.278 e. The molecule has 1 saturated heterocycles. The third kappa shape index (κ3) is 3.29. The molecule has 1 aromatic carbocycles. The van der Waals surface area contributed by atoms with E-state index in [1.165, 1.54) is 20.3 Å². The minimum absolute atomic E-state index is 0.00298. The number of benzene rings is 1. The molecule has 2 aliphatic rings. The largest absolute Gasteiger partial charge is 0.493 e. The second kappa shape index (κ2) is 7.90. The van der Waals surface area contributed by atoms with Gasteiger partial charge in [-0.25, -0.2) is 0 Å². The first kappa shape index (κ1) is 19.5. The fourth-order valence-electron chi connectivity index (χ4n) is 3.97. The number of hydrogen-bond acceptors (Lipinski definition) is 8. The first-order valence-electron chi connectivity index (χ1n) is 9.39. The van der Waals surface area contributed by atoms with Gasteiger partial charge in [0.05, 0.1) is 42.5 Å². The van der Waals surface area contributed by atoms with Crippen molar-refractivity contribution in [2.45, 2.75) is 31.5 Å². The van der Waals surface area contributed by atoms with Gasteiger partial charge in [0.15, 0.2) is 16.7 Å². The Morgan fingerprint density at radius 3 is 2.66 bits per heavy atom. The van der Waals surface area contributed by atoms with Crippen molar-refractivity contribution in [1.29, 1.82) is 0 Å². The first-order valence-corrected chi connectivity index (χ1v) is 10.4. The van der Waals surface area contributed by atoms with Crippen LogP contribution in [-0.2, 0) is 0 Å². The molecule has 4 rings (SSSR count). The number of nitro benzene ring substituents is 1. The van der Waals surface area contributed by atoms with Crippen molar-refractivity contribution in [3.63, 3.8) is 0 Å². The molecule has 0 aliphatic carbocycles. The second-order valence-electron chi connectivity index (χ2n) is 6.86. The summed E-state index contributed by atoms with van der Waals surface area (Å²) in [6, 6.07) is 8.43. The molecule has 1 fully saturated rings. The summed E-state index contributed by atoms with van der Waals surface area (Å²) in [5.41, 5.74) is 1.35. The number of fused-ring (bicyclic) bond motifs is 1. The summed E-state index contributed by atoms with van der Waals surface area (Å²) in [4.78, 5) is 23.2. The van der Waals surface area contributed by atoms with Crippen LogP contribution in [0.25, 0.3) is 0 Å². The van der Waals surface area contributed by atoms with Crippen LogP contribution in [0.3, 0.4) is 0 Å². The van der Waals surface area contributed by atoms with Crippen LogP contribution in [0, 0.1) is 10.1 Å². The normalized spacial score (nSPS) is 22.9. The number of nitrogens with zero attached hydrogens (tertiary/aromatic N) is 4. The highest BCUT2D eigenvalue weighted by atomic mass is 32.2. The predicted octanol–water partition coefficient (Wildman–Crippen LogP) is 3.99. The van der Waals surface area contributed by atoms with Crippen LogP contribution in [0.1, 0.15) is 36.7 Å². The van der Waals surface area contributed by atoms with Gasteiger partial charge in [-0.1, -0.05) is 24.8 Å². The fourth-order valence-corrected chi connectivity index (χ4v) is 5.30. The van der Waals surface area contributed by atoms with E-state index in [4.69, 9.17) is 14.5 Å². The Kier molecular flexibility index (Phi) is 5.31. The molecule has 3 heterocycles. The molecule has 1 aromatic heterocycles. The summed E-state index contributed by atoms with van der Waals surface area (Å²) >= 11 is 1.70. The quantitative estimate of drug-likeness (QED) is 0.521. The SMILES string of the molecule is CC[C@@H]1CSC2=N[C@H](c3ccccn3)[C@H](c3cc(OC)c(OC)cc3[N+](=O)[O-])N21. The number of methoxy groups -OCH3 is 2. The standard InChI is InChI=1S/C20H22N4O4S/c1-4-12-11-29-20-22-18(14-7-5-6-8-21-14)19(23(12)20)13-9-16(27-2)17(28-3)10-15(13)24(25)26/h5-10,12,18-19H,4,11H2,1-3H3/t12-,18-,19+/m1/s1. The lowest BCUT2D eigenvalue weighted by atomic mass is 9.93. The van der Waals surface area contributed by atoms with Crippen molar-refractivity contribution in [3.8, 4) is 11.5 Å². The number of nitro groups is 1. The molecule has 0 spiro atoms. The van der Waals surface area contributed by atoms with E-state index in [0.29, 0.717) is 17.1 Å². The molecule has 29 heavy (non-hydrogen) atoms. The monoisotopic (exact) mass is 414 g/mol. The third-order valence-electron chi connectivity index (χ3n) is 5.38. The van der Waals surface area contributed by atoms with E-state index in [1.807, 2.05) is 18.2 Å². The summed E-state index contributed by atoms with van der Waals surface area (Å²) in [6.07, 6.45) is 2.65. The molecule has 0 saturated carbocycles. The molecule has 0 amide bonds. The highest BCUT2D eigenvalue weighted by molar-refractivity contribution is 8.14. The number of aliphatic imine (C=N–C) groups is 1. The Morgan fingerprint density at radius 1 is 1.28 bits per heavy atom. The molecule has 2 aromatic rings. The molecule has 0 bridgehead atoms. The Hall–Kier alpha value is -2.81. The van der Waals surface area contributed by atoms with Crippen molar-refractivity contribution < 1.29 is 14.4 Å². The number of amidine groups is 1. The maximum Gasteiger partial charge on any atom is 0.278 e. The lowest BCUT2D eigenvalue weighted by Crippen LogP contribution is -2.35. The zero-order valence-electron chi connectivity index (χ0n) is 16.4. The van der Waals surface area contributed by atoms with E-state index in [0.717, 1.165) is 23.0 Å². The van der Waals surface area contributed by atoms with Gasteiger partial charge in [0, 0.05) is 18.0 Å². The Balaban J connectivity index is 1.91. The van der Waals surface area contributed by atoms with Crippen LogP contribution >= 0.6 is 11.8 Å². The first-order chi connectivity index (χ1) is 14.1. The van der Waals surface area contributed by atoms with Gasteiger partial charge in [0.2, 0.25) is 0 Å². The lowest BCUT2D eigenvalue weighted by molar-refractivity contribution is -0.386. The zero-order valence-corrected chi connectivity index (χ0v) is 17.3. The second-order valence-corrected chi connectivity index (χ2v) is 7.85. The third-order valence-corrected chi connectivity index (χ3v) is 6.50. The number of aromatic nitrogens is 1. The number of rotatable bonds is 6. The molecular formula is C20H22N4O4S. The van der Waals surface area contributed by atoms with Crippen LogP contribution < -0.4 is 9.47 Å². The van der Waals surface area contributed by atoms with E-state index in [-0.39, 0.29) is 28.7 Å². The summed E-state index contributed by atoms with van der Waals surface area (Å²) in [5.74, 6) is 1.71. The number of pyridine rings is 1. The van der Waals surface area contributed by atoms with Gasteiger partial charge < -0.3 is 14.4 Å². The average Bonchev–Trinajstić information content (AvgIpc) is 3.32. The Morgan fingerprint density at radius 2 is 2.03 bits per heavy atom. The summed E-state index contributed by atoms with van der Waals surface area (Å²) in [6.45, 7) is 2.13. The van der Waals surface area contributed by atoms with Gasteiger partial charge in [-0.05, 0) is 24.6 Å². The van der Waals surface area contributed by atoms with E-state index < -0.39 is 0 Å². The van der Waals surface area contributed by atoms with Crippen molar-refractivity contribution >= 4 is 22.6 Å². The molecule has 0 radical (unpaired) electrons. The van der Waals surface area contributed by atoms with Crippen LogP contribution in [0.5, 0.6) is 11.5 Å². The minimum Gasteiger partial charge on any atom is -0.493 e. The molecule has 2 aliphatic heterocycles. The van der Waals surface area contributed by atoms with Gasteiger partial charge >= 0.3 is 0 Å². The van der Waals surface area contributed by atoms with Crippen LogP contribution in [0.15, 0.2) is 41.5 Å². The highest BCUT2D eigenvalue weighted by Crippen LogP contribution is 2.52. The van der Waals surface area contributed by atoms with Gasteiger partial charge in [-0.3, -0.25) is 20.1 Å². The van der Waals surface area contributed by atoms with E-state index in [9.17, 15) is 10.1 Å². The molecule has 8 nitrogen and oxygen atoms in total. The van der Waals surface area contributed by atoms with E-state index >= 15 is 0 Å². The molecule has 3 atom stereocenters. The van der Waals surface area contributed by atoms with Gasteiger partial charge in [0.25, 0.3) is 5.69 Å². The molecule has 0 N–H and O–H groups in total.